The third-order valence-corrected chi connectivity index (χ3v) is 6.75. The summed E-state index contributed by atoms with van der Waals surface area (Å²) in [6.07, 6.45) is 12.0. The van der Waals surface area contributed by atoms with Crippen molar-refractivity contribution in [2.75, 3.05) is 0 Å². The van der Waals surface area contributed by atoms with Crippen LogP contribution in [0.15, 0.2) is 42.2 Å². The Bertz CT molecular complexity index is 792. The summed E-state index contributed by atoms with van der Waals surface area (Å²) in [6, 6.07) is 6.81. The zero-order valence-electron chi connectivity index (χ0n) is 16.6. The molecule has 0 bridgehead atoms. The maximum absolute atomic E-state index is 11.2. The molecular formula is C24H30O5. The van der Waals surface area contributed by atoms with E-state index in [1.165, 1.54) is 19.3 Å². The van der Waals surface area contributed by atoms with Crippen LogP contribution in [-0.2, 0) is 4.74 Å². The molecule has 0 spiro atoms. The van der Waals surface area contributed by atoms with Gasteiger partial charge < -0.3 is 20.1 Å². The van der Waals surface area contributed by atoms with Crippen molar-refractivity contribution in [3.63, 3.8) is 0 Å². The van der Waals surface area contributed by atoms with Gasteiger partial charge in [-0.25, -0.2) is 4.79 Å². The van der Waals surface area contributed by atoms with Gasteiger partial charge in [0.2, 0.25) is 0 Å². The number of allylic oxidation sites excluding steroid dienone is 1. The summed E-state index contributed by atoms with van der Waals surface area (Å²) < 4.78 is 6.07. The monoisotopic (exact) mass is 398 g/mol. The number of benzene rings is 1. The molecule has 2 saturated carbocycles. The number of aliphatic hydroxyl groups excluding tert-OH is 2. The molecule has 0 aromatic heterocycles. The lowest BCUT2D eigenvalue weighted by atomic mass is 9.84. The Labute approximate surface area is 171 Å². The van der Waals surface area contributed by atoms with E-state index in [2.05, 4.69) is 0 Å². The number of carboxylic acid groups (broad SMARTS) is 1. The number of aromatic carboxylic acids is 1. The van der Waals surface area contributed by atoms with Gasteiger partial charge in [-0.3, -0.25) is 0 Å². The van der Waals surface area contributed by atoms with Crippen molar-refractivity contribution >= 4 is 12.0 Å². The Morgan fingerprint density at radius 3 is 2.76 bits per heavy atom. The van der Waals surface area contributed by atoms with Gasteiger partial charge in [0, 0.05) is 24.7 Å². The summed E-state index contributed by atoms with van der Waals surface area (Å²) in [4.78, 5) is 11.2. The molecule has 5 nitrogen and oxygen atoms in total. The zero-order chi connectivity index (χ0) is 20.4. The van der Waals surface area contributed by atoms with Crippen LogP contribution >= 0.6 is 0 Å². The maximum Gasteiger partial charge on any atom is 0.335 e. The van der Waals surface area contributed by atoms with E-state index in [0.29, 0.717) is 18.8 Å². The summed E-state index contributed by atoms with van der Waals surface area (Å²) in [5.41, 5.74) is 1.06. The molecule has 1 aromatic carbocycles. The molecule has 3 aliphatic rings. The van der Waals surface area contributed by atoms with Gasteiger partial charge >= 0.3 is 5.97 Å². The number of carboxylic acids is 1. The van der Waals surface area contributed by atoms with E-state index in [1.807, 2.05) is 24.3 Å². The summed E-state index contributed by atoms with van der Waals surface area (Å²) in [7, 11) is 0. The lowest BCUT2D eigenvalue weighted by Gasteiger charge is -2.25. The van der Waals surface area contributed by atoms with Gasteiger partial charge in [0.25, 0.3) is 0 Å². The SMILES string of the molecule is O=C(O)c1cccc(C=C2C[C@@H]3[C@@H](C=C[C@@H](O)C4CCCCC4)[C@H](O)C[C@@H]3O2)c1. The molecular weight excluding hydrogens is 368 g/mol. The zero-order valence-corrected chi connectivity index (χ0v) is 16.6. The topological polar surface area (TPSA) is 87.0 Å². The Kier molecular flexibility index (Phi) is 6.07. The molecule has 3 N–H and O–H groups in total. The fourth-order valence-corrected chi connectivity index (χ4v) is 5.17. The molecule has 1 saturated heterocycles. The first-order chi connectivity index (χ1) is 14.0. The van der Waals surface area contributed by atoms with E-state index in [1.54, 1.807) is 18.2 Å². The number of rotatable bonds is 5. The van der Waals surface area contributed by atoms with Crippen molar-refractivity contribution < 1.29 is 24.9 Å². The van der Waals surface area contributed by atoms with Crippen LogP contribution in [0.4, 0.5) is 0 Å². The van der Waals surface area contributed by atoms with Crippen molar-refractivity contribution in [2.24, 2.45) is 17.8 Å². The molecule has 29 heavy (non-hydrogen) atoms. The second kappa shape index (κ2) is 8.72. The molecule has 4 rings (SSSR count). The average Bonchev–Trinajstić information content (AvgIpc) is 3.23. The first kappa shape index (κ1) is 20.2. The van der Waals surface area contributed by atoms with Gasteiger partial charge in [0.1, 0.15) is 6.10 Å². The minimum atomic E-state index is -0.945. The van der Waals surface area contributed by atoms with Crippen LogP contribution in [0.3, 0.4) is 0 Å². The van der Waals surface area contributed by atoms with Crippen LogP contribution in [0.2, 0.25) is 0 Å². The second-order valence-electron chi connectivity index (χ2n) is 8.72. The number of aliphatic hydroxyl groups is 2. The molecule has 3 fully saturated rings. The third kappa shape index (κ3) is 4.57. The van der Waals surface area contributed by atoms with Crippen LogP contribution in [0, 0.1) is 17.8 Å². The van der Waals surface area contributed by atoms with Crippen LogP contribution < -0.4 is 0 Å². The van der Waals surface area contributed by atoms with Gasteiger partial charge in [-0.05, 0) is 42.5 Å². The van der Waals surface area contributed by atoms with Gasteiger partial charge in [-0.2, -0.15) is 0 Å². The van der Waals surface area contributed by atoms with Crippen molar-refractivity contribution in [1.29, 1.82) is 0 Å². The second-order valence-corrected chi connectivity index (χ2v) is 8.72. The number of ether oxygens (including phenoxy) is 1. The van der Waals surface area contributed by atoms with Gasteiger partial charge in [-0.1, -0.05) is 43.5 Å². The van der Waals surface area contributed by atoms with Crippen LogP contribution in [0.1, 0.15) is 60.9 Å². The van der Waals surface area contributed by atoms with Gasteiger partial charge in [-0.15, -0.1) is 0 Å². The summed E-state index contributed by atoms with van der Waals surface area (Å²) >= 11 is 0. The largest absolute Gasteiger partial charge is 0.494 e. The molecule has 1 heterocycles. The standard InChI is InChI=1S/C24H30O5/c25-21(16-6-2-1-3-7-16)10-9-19-20-13-18(29-23(20)14-22(19)26)12-15-5-4-8-17(11-15)24(27)28/h4-5,8-12,16,19-23,25-26H,1-3,6-7,13-14H2,(H,27,28)/t19-,20-,21-,22-,23+/m1/s1. The first-order valence-electron chi connectivity index (χ1n) is 10.8. The fourth-order valence-electron chi connectivity index (χ4n) is 5.17. The summed E-state index contributed by atoms with van der Waals surface area (Å²) in [5.74, 6) is 0.398. The fraction of sp³-hybridized carbons (Fsp3) is 0.542. The highest BCUT2D eigenvalue weighted by Crippen LogP contribution is 2.46. The Morgan fingerprint density at radius 1 is 1.21 bits per heavy atom. The predicted octanol–water partition coefficient (Wildman–Crippen LogP) is 4.01. The number of fused-ring (bicyclic) bond motifs is 1. The third-order valence-electron chi connectivity index (χ3n) is 6.75. The smallest absolute Gasteiger partial charge is 0.335 e. The predicted molar refractivity (Wildman–Crippen MR) is 110 cm³/mol. The van der Waals surface area contributed by atoms with Crippen LogP contribution in [0.25, 0.3) is 6.08 Å². The highest BCUT2D eigenvalue weighted by molar-refractivity contribution is 5.88. The molecule has 1 aliphatic heterocycles. The molecule has 5 heteroatoms. The van der Waals surface area contributed by atoms with E-state index >= 15 is 0 Å². The Balaban J connectivity index is 1.43. The van der Waals surface area contributed by atoms with E-state index in [0.717, 1.165) is 24.2 Å². The van der Waals surface area contributed by atoms with E-state index in [-0.39, 0.29) is 23.5 Å². The Morgan fingerprint density at radius 2 is 2.00 bits per heavy atom. The average molecular weight is 398 g/mol. The van der Waals surface area contributed by atoms with Crippen LogP contribution in [0.5, 0.6) is 0 Å². The first-order valence-corrected chi connectivity index (χ1v) is 10.8. The molecule has 156 valence electrons. The normalized spacial score (nSPS) is 32.4. The van der Waals surface area contributed by atoms with E-state index in [4.69, 9.17) is 9.84 Å². The number of hydrogen-bond donors (Lipinski definition) is 3. The van der Waals surface area contributed by atoms with E-state index < -0.39 is 18.2 Å². The Hall–Kier alpha value is -2.11. The highest BCUT2D eigenvalue weighted by atomic mass is 16.5. The lowest BCUT2D eigenvalue weighted by molar-refractivity contribution is 0.0696. The number of carbonyl (C=O) groups is 1. The lowest BCUT2D eigenvalue weighted by Crippen LogP contribution is -2.22. The molecule has 0 radical (unpaired) electrons. The highest BCUT2D eigenvalue weighted by Gasteiger charge is 2.47. The minimum Gasteiger partial charge on any atom is -0.494 e. The molecule has 5 atom stereocenters. The van der Waals surface area contributed by atoms with Crippen molar-refractivity contribution in [1.82, 2.24) is 0 Å². The summed E-state index contributed by atoms with van der Waals surface area (Å²) in [6.45, 7) is 0. The quantitative estimate of drug-likeness (QED) is 0.653. The summed E-state index contributed by atoms with van der Waals surface area (Å²) in [5, 5.41) is 30.2. The van der Waals surface area contributed by atoms with Crippen molar-refractivity contribution in [2.45, 2.75) is 63.3 Å². The molecule has 2 aliphatic carbocycles. The molecule has 1 aromatic rings. The van der Waals surface area contributed by atoms with Gasteiger partial charge in [0.15, 0.2) is 0 Å². The maximum atomic E-state index is 11.2. The minimum absolute atomic E-state index is 0.0190. The van der Waals surface area contributed by atoms with E-state index in [9.17, 15) is 15.0 Å². The van der Waals surface area contributed by atoms with Crippen LogP contribution in [-0.4, -0.2) is 39.6 Å². The van der Waals surface area contributed by atoms with Crippen molar-refractivity contribution in [3.8, 4) is 0 Å². The van der Waals surface area contributed by atoms with Crippen molar-refractivity contribution in [3.05, 3.63) is 53.3 Å². The molecule has 0 amide bonds. The number of hydrogen-bond acceptors (Lipinski definition) is 4. The molecule has 0 unspecified atom stereocenters. The van der Waals surface area contributed by atoms with Gasteiger partial charge in [0.05, 0.1) is 23.5 Å².